The van der Waals surface area contributed by atoms with Crippen molar-refractivity contribution in [1.29, 1.82) is 0 Å². The van der Waals surface area contributed by atoms with E-state index in [9.17, 15) is 34.5 Å². The van der Waals surface area contributed by atoms with E-state index in [1.54, 1.807) is 26.0 Å². The highest BCUT2D eigenvalue weighted by Gasteiger charge is 2.35. The molecule has 0 heterocycles. The van der Waals surface area contributed by atoms with Crippen molar-refractivity contribution in [2.75, 3.05) is 7.05 Å². The van der Waals surface area contributed by atoms with E-state index < -0.39 is 54.0 Å². The molecule has 0 spiro atoms. The molecule has 0 bridgehead atoms. The van der Waals surface area contributed by atoms with Gasteiger partial charge in [0, 0.05) is 19.5 Å². The second-order valence-electron chi connectivity index (χ2n) is 10.4. The van der Waals surface area contributed by atoms with Gasteiger partial charge in [0.25, 0.3) is 5.91 Å². The van der Waals surface area contributed by atoms with Crippen molar-refractivity contribution in [3.05, 3.63) is 29.8 Å². The molecule has 0 saturated carbocycles. The first-order chi connectivity index (χ1) is 18.3. The number of aromatic hydroxyl groups is 1. The molecule has 0 aliphatic carbocycles. The van der Waals surface area contributed by atoms with Gasteiger partial charge < -0.3 is 36.6 Å². The maximum atomic E-state index is 13.3. The van der Waals surface area contributed by atoms with E-state index >= 15 is 0 Å². The number of rotatable bonds is 17. The summed E-state index contributed by atoms with van der Waals surface area (Å²) in [5.74, 6) is -3.60. The van der Waals surface area contributed by atoms with Crippen LogP contribution >= 0.6 is 0 Å². The maximum Gasteiger partial charge on any atom is 0.326 e. The highest BCUT2D eigenvalue weighted by atomic mass is 16.4. The number of benzene rings is 1. The van der Waals surface area contributed by atoms with E-state index in [2.05, 4.69) is 17.6 Å². The molecule has 0 radical (unpaired) electrons. The molecule has 1 aromatic carbocycles. The lowest BCUT2D eigenvalue weighted by atomic mass is 9.99. The molecule has 39 heavy (non-hydrogen) atoms. The van der Waals surface area contributed by atoms with Crippen LogP contribution in [-0.2, 0) is 25.6 Å². The fourth-order valence-electron chi connectivity index (χ4n) is 4.11. The second-order valence-corrected chi connectivity index (χ2v) is 10.4. The number of unbranched alkanes of at least 4 members (excludes halogenated alkanes) is 4. The first-order valence-corrected chi connectivity index (χ1v) is 13.6. The van der Waals surface area contributed by atoms with E-state index in [1.807, 2.05) is 0 Å². The van der Waals surface area contributed by atoms with Crippen LogP contribution in [-0.4, -0.2) is 81.2 Å². The molecule has 1 rings (SSSR count). The first-order valence-electron chi connectivity index (χ1n) is 13.6. The van der Waals surface area contributed by atoms with Crippen molar-refractivity contribution in [1.82, 2.24) is 15.5 Å². The number of hydrogen-bond donors (Lipinski definition) is 6. The number of nitrogens with zero attached hydrogens (tertiary/aromatic N) is 1. The molecule has 5 atom stereocenters. The molecule has 11 heteroatoms. The van der Waals surface area contributed by atoms with Gasteiger partial charge in [0.15, 0.2) is 0 Å². The van der Waals surface area contributed by atoms with Crippen molar-refractivity contribution in [2.45, 2.75) is 103 Å². The van der Waals surface area contributed by atoms with Gasteiger partial charge in [-0.1, -0.05) is 65.0 Å². The minimum Gasteiger partial charge on any atom is -0.508 e. The lowest BCUT2D eigenvalue weighted by Gasteiger charge is -2.31. The number of phenolic OH excluding ortho intramolecular Hbond substituents is 1. The number of carboxylic acids is 1. The summed E-state index contributed by atoms with van der Waals surface area (Å²) >= 11 is 0. The number of phenols is 1. The molecule has 220 valence electrons. The highest BCUT2D eigenvalue weighted by molar-refractivity contribution is 5.94. The summed E-state index contributed by atoms with van der Waals surface area (Å²) in [6.45, 7) is 6.95. The zero-order chi connectivity index (χ0) is 29.7. The summed E-state index contributed by atoms with van der Waals surface area (Å²) in [4.78, 5) is 51.7. The van der Waals surface area contributed by atoms with Gasteiger partial charge in [-0.25, -0.2) is 4.79 Å². The van der Waals surface area contributed by atoms with Crippen molar-refractivity contribution >= 4 is 23.7 Å². The number of aliphatic hydroxyl groups is 1. The van der Waals surface area contributed by atoms with Crippen LogP contribution in [0.5, 0.6) is 5.75 Å². The Morgan fingerprint density at radius 3 is 2.08 bits per heavy atom. The van der Waals surface area contributed by atoms with Crippen LogP contribution in [0, 0.1) is 5.92 Å². The number of hydrogen-bond acceptors (Lipinski definition) is 7. The third-order valence-corrected chi connectivity index (χ3v) is 6.76. The molecular formula is C28H46N4O7. The summed E-state index contributed by atoms with van der Waals surface area (Å²) in [6.07, 6.45) is 4.05. The molecular weight excluding hydrogens is 504 g/mol. The molecule has 7 N–H and O–H groups in total. The molecule has 0 unspecified atom stereocenters. The van der Waals surface area contributed by atoms with Crippen LogP contribution in [0.1, 0.15) is 71.8 Å². The Labute approximate surface area is 231 Å². The largest absolute Gasteiger partial charge is 0.508 e. The molecule has 0 fully saturated rings. The monoisotopic (exact) mass is 550 g/mol. The first kappa shape index (κ1) is 33.8. The molecule has 3 amide bonds. The van der Waals surface area contributed by atoms with E-state index in [0.29, 0.717) is 12.0 Å². The second kappa shape index (κ2) is 16.7. The van der Waals surface area contributed by atoms with Gasteiger partial charge in [0.2, 0.25) is 11.8 Å². The molecule has 0 aliphatic rings. The van der Waals surface area contributed by atoms with Crippen LogP contribution in [0.2, 0.25) is 0 Å². The molecule has 11 nitrogen and oxygen atoms in total. The quantitative estimate of drug-likeness (QED) is 0.158. The Morgan fingerprint density at radius 2 is 1.54 bits per heavy atom. The Morgan fingerprint density at radius 1 is 0.949 bits per heavy atom. The Balaban J connectivity index is 2.78. The number of nitrogens with two attached hydrogens (primary N) is 1. The van der Waals surface area contributed by atoms with Crippen molar-refractivity contribution < 1.29 is 34.5 Å². The standard InChI is InChI=1S/C28H46N4O7/c1-6-7-8-9-10-11-21(29)24(34)26(36)30-18(4)25(35)31-23(17(2)3)27(37)32(5)22(28(38)39)16-19-12-14-20(33)15-13-19/h12-15,17-18,21-24,33-34H,6-11,16,29H2,1-5H3,(H,30,36)(H,31,35)(H,38,39)/t18-,21+,22-,23-,24-/m0/s1. The normalized spacial score (nSPS) is 15.1. The number of likely N-dealkylation sites (N-methyl/N-ethyl adjacent to an activating group) is 1. The van der Waals surface area contributed by atoms with E-state index in [1.165, 1.54) is 26.1 Å². The van der Waals surface area contributed by atoms with Crippen LogP contribution in [0.25, 0.3) is 0 Å². The average Bonchev–Trinajstić information content (AvgIpc) is 2.89. The lowest BCUT2D eigenvalue weighted by Crippen LogP contribution is -2.58. The smallest absolute Gasteiger partial charge is 0.326 e. The number of amides is 3. The summed E-state index contributed by atoms with van der Waals surface area (Å²) in [5.41, 5.74) is 6.58. The predicted molar refractivity (Wildman–Crippen MR) is 148 cm³/mol. The van der Waals surface area contributed by atoms with E-state index in [4.69, 9.17) is 5.73 Å². The minimum atomic E-state index is -1.48. The summed E-state index contributed by atoms with van der Waals surface area (Å²) in [5, 5.41) is 34.6. The number of carbonyl (C=O) groups is 4. The Bertz CT molecular complexity index is 938. The van der Waals surface area contributed by atoms with Crippen LogP contribution in [0.15, 0.2) is 24.3 Å². The fourth-order valence-corrected chi connectivity index (χ4v) is 4.11. The number of carbonyl (C=O) groups excluding carboxylic acids is 3. The van der Waals surface area contributed by atoms with Gasteiger partial charge in [-0.15, -0.1) is 0 Å². The van der Waals surface area contributed by atoms with Gasteiger partial charge in [0.1, 0.15) is 30.0 Å². The zero-order valence-corrected chi connectivity index (χ0v) is 23.7. The average molecular weight is 551 g/mol. The lowest BCUT2D eigenvalue weighted by molar-refractivity contribution is -0.150. The Hall–Kier alpha value is -3.18. The summed E-state index contributed by atoms with van der Waals surface area (Å²) in [6, 6.07) is 1.90. The van der Waals surface area contributed by atoms with Crippen molar-refractivity contribution in [2.24, 2.45) is 11.7 Å². The minimum absolute atomic E-state index is 0.000176. The zero-order valence-electron chi connectivity index (χ0n) is 23.7. The van der Waals surface area contributed by atoms with E-state index in [-0.39, 0.29) is 18.1 Å². The molecule has 0 aromatic heterocycles. The molecule has 0 saturated heterocycles. The van der Waals surface area contributed by atoms with Gasteiger partial charge >= 0.3 is 5.97 Å². The third-order valence-electron chi connectivity index (χ3n) is 6.76. The number of carboxylic acid groups (broad SMARTS) is 1. The van der Waals surface area contributed by atoms with Gasteiger partial charge in [0.05, 0.1) is 0 Å². The SMILES string of the molecule is CCCCCCC[C@@H](N)[C@H](O)C(=O)N[C@@H](C)C(=O)N[C@H](C(=O)N(C)[C@@H](Cc1ccc(O)cc1)C(=O)O)C(C)C. The topological polar surface area (TPSA) is 182 Å². The Kier molecular flexibility index (Phi) is 14.5. The van der Waals surface area contributed by atoms with Crippen molar-refractivity contribution in [3.63, 3.8) is 0 Å². The molecule has 1 aromatic rings. The van der Waals surface area contributed by atoms with Gasteiger partial charge in [-0.2, -0.15) is 0 Å². The third kappa shape index (κ3) is 11.2. The summed E-state index contributed by atoms with van der Waals surface area (Å²) in [7, 11) is 1.36. The van der Waals surface area contributed by atoms with Crippen LogP contribution in [0.4, 0.5) is 0 Å². The number of nitrogens with one attached hydrogen (secondary N) is 2. The number of aliphatic carboxylic acids is 1. The maximum absolute atomic E-state index is 13.3. The predicted octanol–water partition coefficient (Wildman–Crippen LogP) is 1.54. The summed E-state index contributed by atoms with van der Waals surface area (Å²) < 4.78 is 0. The van der Waals surface area contributed by atoms with E-state index in [0.717, 1.165) is 37.0 Å². The van der Waals surface area contributed by atoms with Gasteiger partial charge in [-0.05, 0) is 37.0 Å². The fraction of sp³-hybridized carbons (Fsp3) is 0.643. The van der Waals surface area contributed by atoms with Crippen LogP contribution < -0.4 is 16.4 Å². The van der Waals surface area contributed by atoms with Crippen molar-refractivity contribution in [3.8, 4) is 5.75 Å². The highest BCUT2D eigenvalue weighted by Crippen LogP contribution is 2.16. The van der Waals surface area contributed by atoms with Crippen LogP contribution in [0.3, 0.4) is 0 Å². The van der Waals surface area contributed by atoms with Gasteiger partial charge in [-0.3, -0.25) is 14.4 Å². The molecule has 0 aliphatic heterocycles. The number of aliphatic hydroxyl groups excluding tert-OH is 1.